The number of hydrogen-bond acceptors (Lipinski definition) is 4. The van der Waals surface area contributed by atoms with Gasteiger partial charge >= 0.3 is 0 Å². The van der Waals surface area contributed by atoms with Gasteiger partial charge in [0.1, 0.15) is 11.6 Å². The van der Waals surface area contributed by atoms with Gasteiger partial charge in [0.2, 0.25) is 0 Å². The number of nitrogens with two attached hydrogens (primary N) is 1. The maximum atomic E-state index is 5.79. The molecule has 2 aromatic rings. The van der Waals surface area contributed by atoms with Gasteiger partial charge in [0, 0.05) is 12.3 Å². The van der Waals surface area contributed by atoms with Crippen molar-refractivity contribution in [2.45, 2.75) is 19.8 Å². The van der Waals surface area contributed by atoms with Crippen LogP contribution in [0.15, 0.2) is 46.6 Å². The molecule has 0 aliphatic carbocycles. The van der Waals surface area contributed by atoms with Crippen molar-refractivity contribution in [3.05, 3.63) is 42.0 Å². The van der Waals surface area contributed by atoms with Gasteiger partial charge in [-0.05, 0) is 41.0 Å². The van der Waals surface area contributed by atoms with E-state index in [-0.39, 0.29) is 0 Å². The van der Waals surface area contributed by atoms with Crippen LogP contribution >= 0.6 is 0 Å². The lowest BCUT2D eigenvalue weighted by molar-refractivity contribution is 0.415. The lowest BCUT2D eigenvalue weighted by Crippen LogP contribution is -2.26. The highest BCUT2D eigenvalue weighted by Gasteiger charge is 2.21. The van der Waals surface area contributed by atoms with Crippen LogP contribution in [0.3, 0.4) is 0 Å². The van der Waals surface area contributed by atoms with Crippen LogP contribution in [0.25, 0.3) is 10.8 Å². The largest absolute Gasteiger partial charge is 0.497 e. The smallest absolute Gasteiger partial charge is 0.123 e. The van der Waals surface area contributed by atoms with Gasteiger partial charge in [0.15, 0.2) is 0 Å². The first kappa shape index (κ1) is 13.6. The Morgan fingerprint density at radius 3 is 2.67 bits per heavy atom. The van der Waals surface area contributed by atoms with Crippen molar-refractivity contribution in [3.63, 3.8) is 0 Å². The molecule has 0 saturated heterocycles. The summed E-state index contributed by atoms with van der Waals surface area (Å²) in [5, 5.41) is 10.7. The van der Waals surface area contributed by atoms with Crippen molar-refractivity contribution >= 4 is 22.3 Å². The van der Waals surface area contributed by atoms with E-state index in [0.717, 1.165) is 35.3 Å². The van der Waals surface area contributed by atoms with E-state index in [2.05, 4.69) is 41.4 Å². The monoisotopic (exact) mass is 281 g/mol. The third kappa shape index (κ3) is 2.61. The number of amidine groups is 1. The molecule has 0 fully saturated rings. The molecule has 2 N–H and O–H groups in total. The highest BCUT2D eigenvalue weighted by molar-refractivity contribution is 6.07. The van der Waals surface area contributed by atoms with E-state index < -0.39 is 0 Å². The van der Waals surface area contributed by atoms with E-state index in [1.54, 1.807) is 7.11 Å². The molecule has 0 radical (unpaired) electrons. The minimum absolute atomic E-state index is 0.346. The molecule has 0 spiro atoms. The second-order valence-corrected chi connectivity index (χ2v) is 5.31. The number of benzene rings is 2. The summed E-state index contributed by atoms with van der Waals surface area (Å²) >= 11 is 0. The van der Waals surface area contributed by atoms with E-state index >= 15 is 0 Å². The molecule has 0 saturated carbocycles. The molecule has 4 heteroatoms. The van der Waals surface area contributed by atoms with E-state index in [0.29, 0.717) is 11.8 Å². The van der Waals surface area contributed by atoms with Gasteiger partial charge in [-0.25, -0.2) is 0 Å². The van der Waals surface area contributed by atoms with Crippen LogP contribution < -0.4 is 10.5 Å². The molecular formula is C17H19N3O. The molecule has 1 unspecified atom stereocenters. The Bertz CT molecular complexity index is 734. The van der Waals surface area contributed by atoms with Crippen molar-refractivity contribution in [1.29, 1.82) is 0 Å². The fourth-order valence-electron chi connectivity index (χ4n) is 2.73. The van der Waals surface area contributed by atoms with Gasteiger partial charge in [-0.1, -0.05) is 25.1 Å². The minimum atomic E-state index is 0.346. The minimum Gasteiger partial charge on any atom is -0.497 e. The fraction of sp³-hybridized carbons (Fsp3) is 0.294. The first-order valence-corrected chi connectivity index (χ1v) is 7.19. The molecule has 3 rings (SSSR count). The van der Waals surface area contributed by atoms with E-state index in [1.807, 2.05) is 12.1 Å². The predicted molar refractivity (Wildman–Crippen MR) is 87.1 cm³/mol. The SMILES string of the molecule is CCC1CC(N)=NN=C1c1ccc2cc(OC)ccc2c1. The third-order valence-corrected chi connectivity index (χ3v) is 3.96. The molecule has 108 valence electrons. The topological polar surface area (TPSA) is 60.0 Å². The molecule has 4 nitrogen and oxygen atoms in total. The zero-order valence-corrected chi connectivity index (χ0v) is 12.3. The van der Waals surface area contributed by atoms with Gasteiger partial charge in [0.25, 0.3) is 0 Å². The standard InChI is InChI=1S/C17H19N3O/c1-3-11-10-16(18)19-20-17(11)14-5-4-13-9-15(21-2)7-6-12(13)8-14/h4-9,11H,3,10H2,1-2H3,(H2,18,19). The highest BCUT2D eigenvalue weighted by atomic mass is 16.5. The molecule has 1 aliphatic rings. The summed E-state index contributed by atoms with van der Waals surface area (Å²) in [6.07, 6.45) is 1.80. The van der Waals surface area contributed by atoms with Crippen LogP contribution in [-0.2, 0) is 0 Å². The number of nitrogens with zero attached hydrogens (tertiary/aromatic N) is 2. The van der Waals surface area contributed by atoms with Crippen LogP contribution in [0, 0.1) is 5.92 Å². The van der Waals surface area contributed by atoms with Crippen molar-refractivity contribution < 1.29 is 4.74 Å². The van der Waals surface area contributed by atoms with Crippen molar-refractivity contribution in [2.75, 3.05) is 7.11 Å². The van der Waals surface area contributed by atoms with Gasteiger partial charge in [-0.2, -0.15) is 5.10 Å². The number of methoxy groups -OCH3 is 1. The molecule has 0 amide bonds. The lowest BCUT2D eigenvalue weighted by Gasteiger charge is -2.20. The number of rotatable bonds is 3. The maximum Gasteiger partial charge on any atom is 0.123 e. The zero-order valence-electron chi connectivity index (χ0n) is 12.3. The summed E-state index contributed by atoms with van der Waals surface area (Å²) < 4.78 is 5.26. The number of fused-ring (bicyclic) bond motifs is 1. The third-order valence-electron chi connectivity index (χ3n) is 3.96. The lowest BCUT2D eigenvalue weighted by atomic mass is 9.89. The summed E-state index contributed by atoms with van der Waals surface area (Å²) in [4.78, 5) is 0. The average Bonchev–Trinajstić information content (AvgIpc) is 2.53. The summed E-state index contributed by atoms with van der Waals surface area (Å²) in [7, 11) is 1.68. The first-order chi connectivity index (χ1) is 10.2. The van der Waals surface area contributed by atoms with Gasteiger partial charge in [0.05, 0.1) is 12.8 Å². The second-order valence-electron chi connectivity index (χ2n) is 5.31. The molecule has 1 atom stereocenters. The normalized spacial score (nSPS) is 18.3. The maximum absolute atomic E-state index is 5.79. The van der Waals surface area contributed by atoms with Crippen LogP contribution in [0.1, 0.15) is 25.3 Å². The Balaban J connectivity index is 2.04. The Morgan fingerprint density at radius 1 is 1.14 bits per heavy atom. The molecule has 0 aromatic heterocycles. The molecule has 1 heterocycles. The summed E-state index contributed by atoms with van der Waals surface area (Å²) in [6.45, 7) is 2.16. The molecule has 0 bridgehead atoms. The van der Waals surface area contributed by atoms with Crippen LogP contribution in [-0.4, -0.2) is 18.7 Å². The van der Waals surface area contributed by atoms with E-state index in [4.69, 9.17) is 10.5 Å². The van der Waals surface area contributed by atoms with Crippen LogP contribution in [0.4, 0.5) is 0 Å². The Hall–Kier alpha value is -2.36. The Labute approximate surface area is 124 Å². The second kappa shape index (κ2) is 5.56. The Kier molecular flexibility index (Phi) is 3.60. The zero-order chi connectivity index (χ0) is 14.8. The summed E-state index contributed by atoms with van der Waals surface area (Å²) in [5.74, 6) is 1.84. The van der Waals surface area contributed by atoms with Crippen LogP contribution in [0.2, 0.25) is 0 Å². The number of ether oxygens (including phenoxy) is 1. The van der Waals surface area contributed by atoms with Gasteiger partial charge < -0.3 is 10.5 Å². The van der Waals surface area contributed by atoms with E-state index in [9.17, 15) is 0 Å². The summed E-state index contributed by atoms with van der Waals surface area (Å²) in [6, 6.07) is 12.4. The van der Waals surface area contributed by atoms with Crippen LogP contribution in [0.5, 0.6) is 5.75 Å². The van der Waals surface area contributed by atoms with Gasteiger partial charge in [-0.15, -0.1) is 5.10 Å². The average molecular weight is 281 g/mol. The number of hydrogen-bond donors (Lipinski definition) is 1. The van der Waals surface area contributed by atoms with Gasteiger partial charge in [-0.3, -0.25) is 0 Å². The first-order valence-electron chi connectivity index (χ1n) is 7.19. The fourth-order valence-corrected chi connectivity index (χ4v) is 2.73. The highest BCUT2D eigenvalue weighted by Crippen LogP contribution is 2.26. The quantitative estimate of drug-likeness (QED) is 0.938. The van der Waals surface area contributed by atoms with Crippen molar-refractivity contribution in [1.82, 2.24) is 0 Å². The van der Waals surface area contributed by atoms with Crippen molar-refractivity contribution in [3.8, 4) is 5.75 Å². The summed E-state index contributed by atoms with van der Waals surface area (Å²) in [5.41, 5.74) is 7.95. The predicted octanol–water partition coefficient (Wildman–Crippen LogP) is 3.34. The molecule has 1 aliphatic heterocycles. The molecule has 21 heavy (non-hydrogen) atoms. The Morgan fingerprint density at radius 2 is 1.90 bits per heavy atom. The molecular weight excluding hydrogens is 262 g/mol. The van der Waals surface area contributed by atoms with E-state index in [1.165, 1.54) is 5.39 Å². The van der Waals surface area contributed by atoms with Crippen molar-refractivity contribution in [2.24, 2.45) is 21.9 Å². The molecule has 2 aromatic carbocycles.